The molecule has 1 unspecified atom stereocenters. The minimum Gasteiger partial charge on any atom is -0.396 e. The summed E-state index contributed by atoms with van der Waals surface area (Å²) in [5.41, 5.74) is 6.40. The van der Waals surface area contributed by atoms with E-state index in [9.17, 15) is 4.79 Å². The third-order valence-corrected chi connectivity index (χ3v) is 4.68. The maximum atomic E-state index is 12.4. The van der Waals surface area contributed by atoms with E-state index in [1.165, 1.54) is 11.3 Å². The number of rotatable bonds is 3. The Hall–Kier alpha value is -1.35. The first-order valence-corrected chi connectivity index (χ1v) is 7.67. The largest absolute Gasteiger partial charge is 0.396 e. The fraction of sp³-hybridized carbons (Fsp3) is 0.533. The zero-order chi connectivity index (χ0) is 14.5. The van der Waals surface area contributed by atoms with Crippen LogP contribution >= 0.6 is 11.3 Å². The van der Waals surface area contributed by atoms with Gasteiger partial charge in [0.1, 0.15) is 0 Å². The number of nitrogens with two attached hydrogens (primary N) is 1. The van der Waals surface area contributed by atoms with Crippen molar-refractivity contribution in [2.24, 2.45) is 11.7 Å². The Morgan fingerprint density at radius 2 is 2.45 bits per heavy atom. The highest BCUT2D eigenvalue weighted by Gasteiger charge is 2.27. The molecule has 0 spiro atoms. The molecule has 5 heteroatoms. The molecule has 20 heavy (non-hydrogen) atoms. The molecule has 0 bridgehead atoms. The Kier molecular flexibility index (Phi) is 5.18. The molecule has 1 fully saturated rings. The van der Waals surface area contributed by atoms with Crippen LogP contribution in [0.15, 0.2) is 6.07 Å². The number of aliphatic hydroxyl groups is 1. The van der Waals surface area contributed by atoms with Crippen LogP contribution in [0.3, 0.4) is 0 Å². The van der Waals surface area contributed by atoms with Crippen LogP contribution in [0.2, 0.25) is 0 Å². The smallest absolute Gasteiger partial charge is 0.263 e. The van der Waals surface area contributed by atoms with Gasteiger partial charge in [-0.15, -0.1) is 11.3 Å². The molecule has 1 aromatic heterocycles. The van der Waals surface area contributed by atoms with Crippen LogP contribution in [-0.4, -0.2) is 42.2 Å². The van der Waals surface area contributed by atoms with Crippen molar-refractivity contribution >= 4 is 17.2 Å². The summed E-state index contributed by atoms with van der Waals surface area (Å²) in [7, 11) is 0. The summed E-state index contributed by atoms with van der Waals surface area (Å²) in [4.78, 5) is 16.0. The molecule has 1 aliphatic rings. The van der Waals surface area contributed by atoms with Crippen molar-refractivity contribution in [3.63, 3.8) is 0 Å². The van der Waals surface area contributed by atoms with Gasteiger partial charge in [-0.1, -0.05) is 11.8 Å². The van der Waals surface area contributed by atoms with Crippen molar-refractivity contribution in [2.45, 2.75) is 19.8 Å². The number of hydrogen-bond acceptors (Lipinski definition) is 4. The average molecular weight is 292 g/mol. The van der Waals surface area contributed by atoms with Crippen molar-refractivity contribution in [2.75, 3.05) is 26.2 Å². The molecule has 2 heterocycles. The zero-order valence-corrected chi connectivity index (χ0v) is 12.5. The maximum absolute atomic E-state index is 12.4. The fourth-order valence-electron chi connectivity index (χ4n) is 2.43. The van der Waals surface area contributed by atoms with Crippen molar-refractivity contribution in [3.8, 4) is 11.8 Å². The van der Waals surface area contributed by atoms with E-state index in [0.717, 1.165) is 41.2 Å². The lowest BCUT2D eigenvalue weighted by Crippen LogP contribution is -2.28. The SMILES string of the molecule is Cc1cc(C(=O)N2CCC(CCO)C2)sc1C#CCN. The van der Waals surface area contributed by atoms with E-state index in [0.29, 0.717) is 12.5 Å². The summed E-state index contributed by atoms with van der Waals surface area (Å²) in [5, 5.41) is 8.96. The van der Waals surface area contributed by atoms with Gasteiger partial charge in [0.15, 0.2) is 0 Å². The number of hydrogen-bond donors (Lipinski definition) is 2. The molecule has 0 radical (unpaired) electrons. The summed E-state index contributed by atoms with van der Waals surface area (Å²) < 4.78 is 0. The third kappa shape index (κ3) is 3.40. The molecule has 1 amide bonds. The number of thiophene rings is 1. The van der Waals surface area contributed by atoms with Gasteiger partial charge < -0.3 is 15.7 Å². The molecular weight excluding hydrogens is 272 g/mol. The highest BCUT2D eigenvalue weighted by molar-refractivity contribution is 7.14. The highest BCUT2D eigenvalue weighted by atomic mass is 32.1. The van der Waals surface area contributed by atoms with Crippen LogP contribution in [0.5, 0.6) is 0 Å². The van der Waals surface area contributed by atoms with Gasteiger partial charge >= 0.3 is 0 Å². The molecule has 1 atom stereocenters. The molecule has 0 aromatic carbocycles. The van der Waals surface area contributed by atoms with Crippen molar-refractivity contribution in [3.05, 3.63) is 21.4 Å². The Balaban J connectivity index is 2.07. The maximum Gasteiger partial charge on any atom is 0.263 e. The van der Waals surface area contributed by atoms with Crippen LogP contribution < -0.4 is 5.73 Å². The zero-order valence-electron chi connectivity index (χ0n) is 11.7. The number of aryl methyl sites for hydroxylation is 1. The first kappa shape index (κ1) is 15.0. The molecule has 108 valence electrons. The number of carbonyl (C=O) groups excluding carboxylic acids is 1. The lowest BCUT2D eigenvalue weighted by molar-refractivity contribution is 0.0789. The topological polar surface area (TPSA) is 66.6 Å². The molecular formula is C15H20N2O2S. The van der Waals surface area contributed by atoms with E-state index in [4.69, 9.17) is 10.8 Å². The van der Waals surface area contributed by atoms with Gasteiger partial charge in [0, 0.05) is 19.7 Å². The first-order chi connectivity index (χ1) is 9.65. The second kappa shape index (κ2) is 6.89. The monoisotopic (exact) mass is 292 g/mol. The quantitative estimate of drug-likeness (QED) is 0.823. The van der Waals surface area contributed by atoms with Crippen LogP contribution in [0.25, 0.3) is 0 Å². The molecule has 1 aliphatic heterocycles. The second-order valence-corrected chi connectivity index (χ2v) is 6.10. The van der Waals surface area contributed by atoms with Crippen molar-refractivity contribution in [1.29, 1.82) is 0 Å². The van der Waals surface area contributed by atoms with E-state index in [-0.39, 0.29) is 12.5 Å². The molecule has 1 aromatic rings. The number of likely N-dealkylation sites (tertiary alicyclic amines) is 1. The summed E-state index contributed by atoms with van der Waals surface area (Å²) in [6.07, 6.45) is 1.76. The van der Waals surface area contributed by atoms with Gasteiger partial charge in [-0.25, -0.2) is 0 Å². The molecule has 0 saturated carbocycles. The molecule has 4 nitrogen and oxygen atoms in total. The predicted molar refractivity (Wildman–Crippen MR) is 80.7 cm³/mol. The number of aliphatic hydroxyl groups excluding tert-OH is 1. The Bertz CT molecular complexity index is 542. The van der Waals surface area contributed by atoms with E-state index < -0.39 is 0 Å². The van der Waals surface area contributed by atoms with E-state index in [2.05, 4.69) is 11.8 Å². The van der Waals surface area contributed by atoms with Gasteiger partial charge in [-0.05, 0) is 37.3 Å². The second-order valence-electron chi connectivity index (χ2n) is 5.05. The lowest BCUT2D eigenvalue weighted by Gasteiger charge is -2.15. The number of carbonyl (C=O) groups is 1. The van der Waals surface area contributed by atoms with Crippen LogP contribution in [0, 0.1) is 24.7 Å². The Morgan fingerprint density at radius 3 is 3.15 bits per heavy atom. The fourth-order valence-corrected chi connectivity index (χ4v) is 3.45. The minimum atomic E-state index is 0.0827. The minimum absolute atomic E-state index is 0.0827. The third-order valence-electron chi connectivity index (χ3n) is 3.54. The standard InChI is InChI=1S/C15H20N2O2S/c1-11-9-14(20-13(11)3-2-6-16)15(19)17-7-4-12(10-17)5-8-18/h9,12,18H,4-8,10,16H2,1H3. The number of nitrogens with zero attached hydrogens (tertiary/aromatic N) is 1. The van der Waals surface area contributed by atoms with Crippen molar-refractivity contribution < 1.29 is 9.90 Å². The summed E-state index contributed by atoms with van der Waals surface area (Å²) in [6.45, 7) is 4.02. The van der Waals surface area contributed by atoms with Crippen LogP contribution in [0.1, 0.15) is 33.0 Å². The van der Waals surface area contributed by atoms with Crippen molar-refractivity contribution in [1.82, 2.24) is 4.90 Å². The Morgan fingerprint density at radius 1 is 1.65 bits per heavy atom. The van der Waals surface area contributed by atoms with Crippen LogP contribution in [-0.2, 0) is 0 Å². The highest BCUT2D eigenvalue weighted by Crippen LogP contribution is 2.26. The number of amides is 1. The van der Waals surface area contributed by atoms with Crippen LogP contribution in [0.4, 0.5) is 0 Å². The summed E-state index contributed by atoms with van der Waals surface area (Å²) in [6, 6.07) is 1.91. The predicted octanol–water partition coefficient (Wildman–Crippen LogP) is 1.21. The lowest BCUT2D eigenvalue weighted by atomic mass is 10.1. The average Bonchev–Trinajstić information content (AvgIpc) is 3.03. The van der Waals surface area contributed by atoms with Gasteiger partial charge in [-0.3, -0.25) is 4.79 Å². The molecule has 0 aliphatic carbocycles. The first-order valence-electron chi connectivity index (χ1n) is 6.85. The van der Waals surface area contributed by atoms with Gasteiger partial charge in [0.05, 0.1) is 16.3 Å². The molecule has 2 rings (SSSR count). The normalized spacial score (nSPS) is 17.9. The van der Waals surface area contributed by atoms with Gasteiger partial charge in [-0.2, -0.15) is 0 Å². The summed E-state index contributed by atoms with van der Waals surface area (Å²) >= 11 is 1.44. The Labute approximate surface area is 123 Å². The van der Waals surface area contributed by atoms with E-state index in [1.54, 1.807) is 0 Å². The summed E-state index contributed by atoms with van der Waals surface area (Å²) in [5.74, 6) is 6.35. The van der Waals surface area contributed by atoms with E-state index in [1.807, 2.05) is 17.9 Å². The van der Waals surface area contributed by atoms with Gasteiger partial charge in [0.25, 0.3) is 5.91 Å². The molecule has 1 saturated heterocycles. The molecule has 3 N–H and O–H groups in total. The van der Waals surface area contributed by atoms with E-state index >= 15 is 0 Å². The van der Waals surface area contributed by atoms with Gasteiger partial charge in [0.2, 0.25) is 0 Å².